The molecule has 4 rings (SSSR count). The Hall–Kier alpha value is -3.34. The maximum Gasteiger partial charge on any atom is 0.423 e. The van der Waals surface area contributed by atoms with Crippen LogP contribution in [-0.2, 0) is 15.7 Å². The van der Waals surface area contributed by atoms with Crippen molar-refractivity contribution in [2.24, 2.45) is 5.92 Å². The van der Waals surface area contributed by atoms with Crippen molar-refractivity contribution in [3.05, 3.63) is 63.7 Å². The highest BCUT2D eigenvalue weighted by atomic mass is 19.4. The van der Waals surface area contributed by atoms with E-state index >= 15 is 0 Å². The van der Waals surface area contributed by atoms with Crippen LogP contribution in [0.2, 0.25) is 0 Å². The Bertz CT molecular complexity index is 1130. The number of anilines is 2. The van der Waals surface area contributed by atoms with Gasteiger partial charge in [-0.1, -0.05) is 17.7 Å². The van der Waals surface area contributed by atoms with E-state index in [2.05, 4.69) is 46.7 Å². The summed E-state index contributed by atoms with van der Waals surface area (Å²) in [6, 6.07) is 11.4. The minimum absolute atomic E-state index is 0.0116. The Labute approximate surface area is 226 Å². The summed E-state index contributed by atoms with van der Waals surface area (Å²) in [6.45, 7) is 4.63. The minimum Gasteiger partial charge on any atom is -0.382 e. The van der Waals surface area contributed by atoms with E-state index in [1.165, 1.54) is 17.3 Å². The van der Waals surface area contributed by atoms with Crippen LogP contribution < -0.4 is 15.5 Å². The molecule has 2 N–H and O–H groups in total. The molecule has 1 aliphatic carbocycles. The average Bonchev–Trinajstić information content (AvgIpc) is 2.91. The Balaban J connectivity index is 1.13. The van der Waals surface area contributed by atoms with E-state index in [0.29, 0.717) is 38.1 Å². The summed E-state index contributed by atoms with van der Waals surface area (Å²) in [6.07, 6.45) is -0.215. The van der Waals surface area contributed by atoms with E-state index in [-0.39, 0.29) is 30.3 Å². The van der Waals surface area contributed by atoms with Gasteiger partial charge < -0.3 is 20.3 Å². The van der Waals surface area contributed by atoms with Gasteiger partial charge in [-0.2, -0.15) is 13.2 Å². The second-order valence-electron chi connectivity index (χ2n) is 10.5. The van der Waals surface area contributed by atoms with Gasteiger partial charge in [0.1, 0.15) is 12.2 Å². The number of benzene rings is 2. The predicted octanol–water partition coefficient (Wildman–Crippen LogP) is 5.69. The van der Waals surface area contributed by atoms with Crippen LogP contribution in [0.3, 0.4) is 0 Å². The summed E-state index contributed by atoms with van der Waals surface area (Å²) in [5.41, 5.74) is 0.448. The molecule has 39 heavy (non-hydrogen) atoms. The highest BCUT2D eigenvalue weighted by Gasteiger charge is 2.38. The minimum atomic E-state index is -4.81. The summed E-state index contributed by atoms with van der Waals surface area (Å²) < 4.78 is 45.5. The maximum absolute atomic E-state index is 13.2. The molecule has 0 unspecified atom stereocenters. The van der Waals surface area contributed by atoms with Crippen molar-refractivity contribution in [1.29, 1.82) is 0 Å². The normalized spacial score (nSPS) is 20.5. The van der Waals surface area contributed by atoms with Gasteiger partial charge in [-0.3, -0.25) is 14.9 Å². The van der Waals surface area contributed by atoms with E-state index in [1.807, 2.05) is 0 Å². The van der Waals surface area contributed by atoms with Crippen LogP contribution in [0, 0.1) is 23.0 Å². The number of halogens is 3. The molecule has 1 saturated heterocycles. The zero-order valence-corrected chi connectivity index (χ0v) is 22.0. The molecule has 1 heterocycles. The van der Waals surface area contributed by atoms with Gasteiger partial charge in [0.15, 0.2) is 0 Å². The zero-order valence-electron chi connectivity index (χ0n) is 22.0. The van der Waals surface area contributed by atoms with E-state index in [1.54, 1.807) is 0 Å². The number of hydrogen-bond acceptors (Lipinski definition) is 6. The first kappa shape index (κ1) is 28.7. The molecular formula is C28H35F3N4O4. The topological polar surface area (TPSA) is 96.7 Å². The number of carbonyl (C=O) groups is 1. The molecule has 8 nitrogen and oxygen atoms in total. The van der Waals surface area contributed by atoms with Gasteiger partial charge in [-0.25, -0.2) is 0 Å². The van der Waals surface area contributed by atoms with Crippen LogP contribution in [0.4, 0.5) is 30.2 Å². The van der Waals surface area contributed by atoms with Crippen molar-refractivity contribution in [2.75, 3.05) is 36.5 Å². The monoisotopic (exact) mass is 548 g/mol. The number of amides is 1. The smallest absolute Gasteiger partial charge is 0.382 e. The fourth-order valence-electron chi connectivity index (χ4n) is 5.28. The number of aryl methyl sites for hydroxylation is 1. The van der Waals surface area contributed by atoms with Crippen molar-refractivity contribution < 1.29 is 27.6 Å². The first-order valence-electron chi connectivity index (χ1n) is 13.4. The fourth-order valence-corrected chi connectivity index (χ4v) is 5.28. The lowest BCUT2D eigenvalue weighted by molar-refractivity contribution is -0.388. The molecule has 11 heteroatoms. The highest BCUT2D eigenvalue weighted by molar-refractivity contribution is 5.77. The number of alkyl halides is 3. The van der Waals surface area contributed by atoms with Crippen LogP contribution in [-0.4, -0.2) is 49.2 Å². The Morgan fingerprint density at radius 1 is 1.05 bits per heavy atom. The number of piperidine rings is 1. The summed E-state index contributed by atoms with van der Waals surface area (Å²) in [5, 5.41) is 17.0. The lowest BCUT2D eigenvalue weighted by atomic mass is 9.92. The molecule has 2 aromatic rings. The zero-order chi connectivity index (χ0) is 28.0. The van der Waals surface area contributed by atoms with Gasteiger partial charge in [0.25, 0.3) is 5.69 Å². The number of nitro benzene ring substituents is 1. The third-order valence-corrected chi connectivity index (χ3v) is 7.60. The van der Waals surface area contributed by atoms with Gasteiger partial charge in [-0.15, -0.1) is 0 Å². The van der Waals surface area contributed by atoms with Crippen molar-refractivity contribution in [1.82, 2.24) is 5.32 Å². The fraction of sp³-hybridized carbons (Fsp3) is 0.536. The number of hydrogen-bond donors (Lipinski definition) is 2. The largest absolute Gasteiger partial charge is 0.423 e. The first-order valence-corrected chi connectivity index (χ1v) is 13.4. The summed E-state index contributed by atoms with van der Waals surface area (Å²) in [7, 11) is 0. The molecule has 0 aromatic heterocycles. The molecule has 1 aliphatic heterocycles. The molecule has 2 aromatic carbocycles. The van der Waals surface area contributed by atoms with Crippen molar-refractivity contribution in [3.63, 3.8) is 0 Å². The average molecular weight is 549 g/mol. The number of nitro groups is 1. The van der Waals surface area contributed by atoms with Crippen molar-refractivity contribution in [3.8, 4) is 0 Å². The second-order valence-corrected chi connectivity index (χ2v) is 10.5. The first-order chi connectivity index (χ1) is 18.6. The SMILES string of the molecule is Cc1ccc(N2CCC(CNC(=O)COC3CCC(Nc4ccc([N+](=O)[O-])c(C(F)(F)F)c4)CC3)CC2)cc1. The molecule has 0 bridgehead atoms. The predicted molar refractivity (Wildman–Crippen MR) is 143 cm³/mol. The highest BCUT2D eigenvalue weighted by Crippen LogP contribution is 2.38. The van der Waals surface area contributed by atoms with Gasteiger partial charge >= 0.3 is 6.18 Å². The van der Waals surface area contributed by atoms with E-state index in [0.717, 1.165) is 38.1 Å². The third kappa shape index (κ3) is 8.08. The van der Waals surface area contributed by atoms with Gasteiger partial charge in [0, 0.05) is 43.1 Å². The van der Waals surface area contributed by atoms with Gasteiger partial charge in [-0.05, 0) is 75.6 Å². The number of carbonyl (C=O) groups excluding carboxylic acids is 1. The molecule has 1 saturated carbocycles. The summed E-state index contributed by atoms with van der Waals surface area (Å²) in [4.78, 5) is 24.6. The van der Waals surface area contributed by atoms with E-state index in [4.69, 9.17) is 4.74 Å². The number of nitrogens with one attached hydrogen (secondary N) is 2. The molecule has 0 radical (unpaired) electrons. The number of rotatable bonds is 9. The quantitative estimate of drug-likeness (QED) is 0.309. The van der Waals surface area contributed by atoms with Crippen LogP contribution in [0.15, 0.2) is 42.5 Å². The Morgan fingerprint density at radius 3 is 2.33 bits per heavy atom. The molecule has 1 amide bonds. The van der Waals surface area contributed by atoms with Crippen molar-refractivity contribution in [2.45, 2.75) is 63.8 Å². The third-order valence-electron chi connectivity index (χ3n) is 7.60. The number of nitrogens with zero attached hydrogens (tertiary/aromatic N) is 2. The second kappa shape index (κ2) is 12.7. The van der Waals surface area contributed by atoms with Crippen LogP contribution >= 0.6 is 0 Å². The molecule has 0 spiro atoms. The maximum atomic E-state index is 13.2. The lowest BCUT2D eigenvalue weighted by Crippen LogP contribution is -2.40. The molecule has 2 fully saturated rings. The lowest BCUT2D eigenvalue weighted by Gasteiger charge is -2.34. The van der Waals surface area contributed by atoms with Crippen molar-refractivity contribution >= 4 is 23.0 Å². The molecule has 0 atom stereocenters. The Morgan fingerprint density at radius 2 is 1.72 bits per heavy atom. The summed E-state index contributed by atoms with van der Waals surface area (Å²) in [5.74, 6) is 0.302. The van der Waals surface area contributed by atoms with E-state index in [9.17, 15) is 28.1 Å². The Kier molecular flexibility index (Phi) is 9.32. The number of ether oxygens (including phenoxy) is 1. The van der Waals surface area contributed by atoms with E-state index < -0.39 is 22.4 Å². The molecule has 212 valence electrons. The van der Waals surface area contributed by atoms with Gasteiger partial charge in [0.2, 0.25) is 5.91 Å². The van der Waals surface area contributed by atoms with Gasteiger partial charge in [0.05, 0.1) is 11.0 Å². The van der Waals surface area contributed by atoms with Crippen LogP contribution in [0.25, 0.3) is 0 Å². The molecular weight excluding hydrogens is 513 g/mol. The molecule has 2 aliphatic rings. The van der Waals surface area contributed by atoms with Crippen LogP contribution in [0.1, 0.15) is 49.7 Å². The van der Waals surface area contributed by atoms with Crippen LogP contribution in [0.5, 0.6) is 0 Å². The summed E-state index contributed by atoms with van der Waals surface area (Å²) >= 11 is 0. The standard InChI is InChI=1S/C28H35F3N4O4/c1-19-2-7-23(8-3-19)34-14-12-20(13-15-34)17-32-27(36)18-39-24-9-4-21(5-10-24)33-22-6-11-26(35(37)38)25(16-22)28(29,30)31/h2-3,6-8,11,16,20-21,24,33H,4-5,9-10,12-15,17-18H2,1H3,(H,32,36).